The molecule has 1 N–H and O–H groups in total. The zero-order chi connectivity index (χ0) is 20.2. The molecule has 0 saturated heterocycles. The topological polar surface area (TPSA) is 51.2 Å². The Morgan fingerprint density at radius 3 is 2.43 bits per heavy atom. The second kappa shape index (κ2) is 12.3. The lowest BCUT2D eigenvalue weighted by atomic mass is 10.1. The summed E-state index contributed by atoms with van der Waals surface area (Å²) in [5.41, 5.74) is 1.84. The van der Waals surface area contributed by atoms with Gasteiger partial charge in [-0.15, -0.1) is 0 Å². The molecule has 0 aliphatic carbocycles. The van der Waals surface area contributed by atoms with Gasteiger partial charge in [0, 0.05) is 32.3 Å². The van der Waals surface area contributed by atoms with Crippen LogP contribution in [0.25, 0.3) is 0 Å². The van der Waals surface area contributed by atoms with E-state index in [0.29, 0.717) is 32.9 Å². The molecule has 0 spiro atoms. The molecule has 2 aromatic rings. The van der Waals surface area contributed by atoms with Gasteiger partial charge >= 0.3 is 0 Å². The van der Waals surface area contributed by atoms with E-state index in [1.807, 2.05) is 25.1 Å². The first-order chi connectivity index (χ1) is 13.7. The van der Waals surface area contributed by atoms with Gasteiger partial charge in [0.2, 0.25) is 0 Å². The molecular weight excluding hydrogens is 361 g/mol. The fourth-order valence-electron chi connectivity index (χ4n) is 2.80. The predicted molar refractivity (Wildman–Crippen MR) is 107 cm³/mol. The van der Waals surface area contributed by atoms with Crippen LogP contribution in [0.5, 0.6) is 11.5 Å². The van der Waals surface area contributed by atoms with Crippen LogP contribution in [0, 0.1) is 5.82 Å². The Morgan fingerprint density at radius 1 is 0.964 bits per heavy atom. The standard InChI is InChI=1S/C22H30FNO4/c1-3-12-27-21-9-8-18(15-19(21)17-25)16-24(10-13-26-2)11-14-28-22-7-5-4-6-20(22)23/h4-9,15,25H,3,10-14,16-17H2,1-2H3. The molecule has 154 valence electrons. The van der Waals surface area contributed by atoms with Crippen molar-refractivity contribution < 1.29 is 23.7 Å². The second-order valence-corrected chi connectivity index (χ2v) is 6.50. The number of ether oxygens (including phenoxy) is 3. The predicted octanol–water partition coefficient (Wildman–Crippen LogP) is 3.63. The minimum absolute atomic E-state index is 0.0681. The molecule has 28 heavy (non-hydrogen) atoms. The molecule has 0 heterocycles. The molecule has 0 radical (unpaired) electrons. The van der Waals surface area contributed by atoms with E-state index in [2.05, 4.69) is 4.90 Å². The lowest BCUT2D eigenvalue weighted by Gasteiger charge is -2.23. The van der Waals surface area contributed by atoms with Gasteiger partial charge in [0.05, 0.1) is 19.8 Å². The van der Waals surface area contributed by atoms with Gasteiger partial charge in [0.15, 0.2) is 11.6 Å². The van der Waals surface area contributed by atoms with Gasteiger partial charge in [-0.25, -0.2) is 4.39 Å². The highest BCUT2D eigenvalue weighted by atomic mass is 19.1. The number of hydrogen-bond donors (Lipinski definition) is 1. The summed E-state index contributed by atoms with van der Waals surface area (Å²) in [5, 5.41) is 9.64. The van der Waals surface area contributed by atoms with Gasteiger partial charge < -0.3 is 19.3 Å². The third-order valence-corrected chi connectivity index (χ3v) is 4.28. The van der Waals surface area contributed by atoms with Crippen LogP contribution < -0.4 is 9.47 Å². The summed E-state index contributed by atoms with van der Waals surface area (Å²) < 4.78 is 30.1. The molecule has 2 aromatic carbocycles. The third-order valence-electron chi connectivity index (χ3n) is 4.28. The summed E-state index contributed by atoms with van der Waals surface area (Å²) in [5.74, 6) is 0.620. The summed E-state index contributed by atoms with van der Waals surface area (Å²) in [7, 11) is 1.66. The van der Waals surface area contributed by atoms with Crippen LogP contribution in [0.2, 0.25) is 0 Å². The molecule has 5 nitrogen and oxygen atoms in total. The van der Waals surface area contributed by atoms with E-state index >= 15 is 0 Å². The van der Waals surface area contributed by atoms with Crippen LogP contribution in [0.4, 0.5) is 4.39 Å². The minimum atomic E-state index is -0.360. The molecule has 0 aromatic heterocycles. The maximum absolute atomic E-state index is 13.7. The number of hydrogen-bond acceptors (Lipinski definition) is 5. The Kier molecular flexibility index (Phi) is 9.76. The van der Waals surface area contributed by atoms with E-state index < -0.39 is 0 Å². The zero-order valence-electron chi connectivity index (χ0n) is 16.7. The van der Waals surface area contributed by atoms with Crippen molar-refractivity contribution in [1.82, 2.24) is 4.90 Å². The van der Waals surface area contributed by atoms with E-state index in [1.165, 1.54) is 6.07 Å². The first kappa shape index (κ1) is 22.1. The average Bonchev–Trinajstić information content (AvgIpc) is 2.72. The smallest absolute Gasteiger partial charge is 0.165 e. The van der Waals surface area contributed by atoms with E-state index in [0.717, 1.165) is 29.8 Å². The fraction of sp³-hybridized carbons (Fsp3) is 0.455. The van der Waals surface area contributed by atoms with Gasteiger partial charge in [-0.1, -0.05) is 25.1 Å². The Morgan fingerprint density at radius 2 is 1.71 bits per heavy atom. The number of methoxy groups -OCH3 is 1. The Hall–Kier alpha value is -2.15. The average molecular weight is 391 g/mol. The number of rotatable bonds is 13. The molecule has 6 heteroatoms. The molecule has 0 aliphatic heterocycles. The Labute approximate surface area is 166 Å². The van der Waals surface area contributed by atoms with E-state index in [1.54, 1.807) is 25.3 Å². The number of para-hydroxylation sites is 1. The molecule has 0 fully saturated rings. The monoisotopic (exact) mass is 391 g/mol. The first-order valence-electron chi connectivity index (χ1n) is 9.62. The quantitative estimate of drug-likeness (QED) is 0.565. The van der Waals surface area contributed by atoms with Crippen LogP contribution >= 0.6 is 0 Å². The zero-order valence-corrected chi connectivity index (χ0v) is 16.7. The summed E-state index contributed by atoms with van der Waals surface area (Å²) in [6.45, 7) is 5.58. The van der Waals surface area contributed by atoms with Gasteiger partial charge in [0.25, 0.3) is 0 Å². The van der Waals surface area contributed by atoms with Crippen LogP contribution in [0.15, 0.2) is 42.5 Å². The van der Waals surface area contributed by atoms with Crippen molar-refractivity contribution in [1.29, 1.82) is 0 Å². The van der Waals surface area contributed by atoms with Crippen LogP contribution in [-0.4, -0.2) is 50.0 Å². The normalized spacial score (nSPS) is 11.0. The number of aliphatic hydroxyl groups is 1. The lowest BCUT2D eigenvalue weighted by Crippen LogP contribution is -2.31. The number of benzene rings is 2. The highest BCUT2D eigenvalue weighted by molar-refractivity contribution is 5.37. The summed E-state index contributed by atoms with van der Waals surface area (Å²) in [6.07, 6.45) is 0.916. The Bertz CT molecular complexity index is 711. The van der Waals surface area contributed by atoms with Crippen molar-refractivity contribution in [3.63, 3.8) is 0 Å². The summed E-state index contributed by atoms with van der Waals surface area (Å²) in [4.78, 5) is 2.17. The molecule has 0 unspecified atom stereocenters. The number of aliphatic hydroxyl groups excluding tert-OH is 1. The molecule has 0 amide bonds. The number of halogens is 1. The fourth-order valence-corrected chi connectivity index (χ4v) is 2.80. The van der Waals surface area contributed by atoms with Crippen LogP contribution in [0.3, 0.4) is 0 Å². The van der Waals surface area contributed by atoms with Gasteiger partial charge in [-0.2, -0.15) is 0 Å². The van der Waals surface area contributed by atoms with Crippen molar-refractivity contribution in [2.75, 3.05) is 40.0 Å². The lowest BCUT2D eigenvalue weighted by molar-refractivity contribution is 0.130. The molecule has 2 rings (SSSR count). The van der Waals surface area contributed by atoms with Gasteiger partial charge in [-0.05, 0) is 36.2 Å². The van der Waals surface area contributed by atoms with E-state index in [-0.39, 0.29) is 18.2 Å². The molecule has 0 aliphatic rings. The van der Waals surface area contributed by atoms with Crippen molar-refractivity contribution in [2.24, 2.45) is 0 Å². The first-order valence-corrected chi connectivity index (χ1v) is 9.62. The van der Waals surface area contributed by atoms with Crippen LogP contribution in [-0.2, 0) is 17.9 Å². The second-order valence-electron chi connectivity index (χ2n) is 6.50. The molecule has 0 saturated carbocycles. The molecule has 0 bridgehead atoms. The van der Waals surface area contributed by atoms with Crippen molar-refractivity contribution in [2.45, 2.75) is 26.5 Å². The largest absolute Gasteiger partial charge is 0.493 e. The van der Waals surface area contributed by atoms with Gasteiger partial charge in [0.1, 0.15) is 12.4 Å². The minimum Gasteiger partial charge on any atom is -0.493 e. The maximum atomic E-state index is 13.7. The summed E-state index contributed by atoms with van der Waals surface area (Å²) in [6, 6.07) is 12.3. The SMILES string of the molecule is CCCOc1ccc(CN(CCOC)CCOc2ccccc2F)cc1CO. The number of nitrogens with zero attached hydrogens (tertiary/aromatic N) is 1. The highest BCUT2D eigenvalue weighted by Crippen LogP contribution is 2.22. The third kappa shape index (κ3) is 7.11. The summed E-state index contributed by atoms with van der Waals surface area (Å²) >= 11 is 0. The highest BCUT2D eigenvalue weighted by Gasteiger charge is 2.10. The maximum Gasteiger partial charge on any atom is 0.165 e. The van der Waals surface area contributed by atoms with Crippen molar-refractivity contribution >= 4 is 0 Å². The molecular formula is C22H30FNO4. The van der Waals surface area contributed by atoms with Crippen molar-refractivity contribution in [3.8, 4) is 11.5 Å². The van der Waals surface area contributed by atoms with E-state index in [9.17, 15) is 9.50 Å². The van der Waals surface area contributed by atoms with Crippen LogP contribution in [0.1, 0.15) is 24.5 Å². The van der Waals surface area contributed by atoms with Gasteiger partial charge in [-0.3, -0.25) is 4.90 Å². The van der Waals surface area contributed by atoms with Crippen molar-refractivity contribution in [3.05, 3.63) is 59.4 Å². The Balaban J connectivity index is 1.97. The van der Waals surface area contributed by atoms with E-state index in [4.69, 9.17) is 14.2 Å². The molecule has 0 atom stereocenters.